The lowest BCUT2D eigenvalue weighted by molar-refractivity contribution is -0.122. The van der Waals surface area contributed by atoms with Gasteiger partial charge in [0.25, 0.3) is 0 Å². The summed E-state index contributed by atoms with van der Waals surface area (Å²) < 4.78 is 18.4. The molecule has 0 aliphatic rings. The van der Waals surface area contributed by atoms with Gasteiger partial charge in [-0.3, -0.25) is 4.79 Å². The first-order chi connectivity index (χ1) is 9.04. The third kappa shape index (κ3) is 5.23. The molecule has 1 aromatic carbocycles. The fourth-order valence-electron chi connectivity index (χ4n) is 1.43. The molecule has 0 spiro atoms. The van der Waals surface area contributed by atoms with Crippen LogP contribution in [0.4, 0.5) is 4.39 Å². The molecule has 2 atom stereocenters. The van der Waals surface area contributed by atoms with E-state index in [9.17, 15) is 14.3 Å². The molecule has 6 heteroatoms. The number of nitrogens with one attached hydrogen (secondary N) is 2. The van der Waals surface area contributed by atoms with Crippen LogP contribution in [0.5, 0.6) is 5.75 Å². The molecule has 0 heterocycles. The minimum Gasteiger partial charge on any atom is -0.488 e. The molecule has 0 aromatic heterocycles. The zero-order valence-electron chi connectivity index (χ0n) is 11.0. The zero-order valence-corrected chi connectivity index (χ0v) is 11.0. The Hall–Kier alpha value is -1.66. The topological polar surface area (TPSA) is 70.6 Å². The van der Waals surface area contributed by atoms with Crippen molar-refractivity contribution in [3.05, 3.63) is 30.1 Å². The summed E-state index contributed by atoms with van der Waals surface area (Å²) in [5.41, 5.74) is 0. The largest absolute Gasteiger partial charge is 0.488 e. The van der Waals surface area contributed by atoms with Crippen LogP contribution in [0.1, 0.15) is 6.92 Å². The first-order valence-corrected chi connectivity index (χ1v) is 6.05. The molecule has 0 radical (unpaired) electrons. The minimum absolute atomic E-state index is 0.0472. The molecular weight excluding hydrogens is 251 g/mol. The highest BCUT2D eigenvalue weighted by molar-refractivity contribution is 5.80. The number of likely N-dealkylation sites (N-methyl/N-ethyl adjacent to an activating group) is 1. The molecule has 0 aliphatic carbocycles. The summed E-state index contributed by atoms with van der Waals surface area (Å²) in [6.45, 7) is 1.82. The number of halogens is 1. The molecular formula is C13H19FN2O3. The normalized spacial score (nSPS) is 13.7. The lowest BCUT2D eigenvalue weighted by Gasteiger charge is -2.16. The van der Waals surface area contributed by atoms with Crippen LogP contribution in [0.3, 0.4) is 0 Å². The van der Waals surface area contributed by atoms with Gasteiger partial charge >= 0.3 is 0 Å². The summed E-state index contributed by atoms with van der Waals surface area (Å²) in [6, 6.07) is 5.58. The predicted molar refractivity (Wildman–Crippen MR) is 69.4 cm³/mol. The van der Waals surface area contributed by atoms with Gasteiger partial charge in [0, 0.05) is 13.6 Å². The maximum absolute atomic E-state index is 13.2. The summed E-state index contributed by atoms with van der Waals surface area (Å²) in [5, 5.41) is 15.0. The lowest BCUT2D eigenvalue weighted by atomic mass is 10.3. The second-order valence-corrected chi connectivity index (χ2v) is 4.14. The first-order valence-electron chi connectivity index (χ1n) is 6.05. The average molecular weight is 270 g/mol. The Labute approximate surface area is 111 Å². The Morgan fingerprint density at radius 1 is 1.47 bits per heavy atom. The van der Waals surface area contributed by atoms with Gasteiger partial charge in [-0.15, -0.1) is 0 Å². The van der Waals surface area contributed by atoms with Crippen LogP contribution in [0.25, 0.3) is 0 Å². The van der Waals surface area contributed by atoms with Crippen LogP contribution in [0, 0.1) is 5.82 Å². The Bertz CT molecular complexity index is 415. The van der Waals surface area contributed by atoms with Crippen molar-refractivity contribution in [1.29, 1.82) is 0 Å². The highest BCUT2D eigenvalue weighted by atomic mass is 19.1. The van der Waals surface area contributed by atoms with Gasteiger partial charge in [-0.25, -0.2) is 4.39 Å². The summed E-state index contributed by atoms with van der Waals surface area (Å²) >= 11 is 0. The molecule has 3 N–H and O–H groups in total. The minimum atomic E-state index is -0.827. The fourth-order valence-corrected chi connectivity index (χ4v) is 1.43. The maximum atomic E-state index is 13.2. The van der Waals surface area contributed by atoms with Crippen molar-refractivity contribution in [2.45, 2.75) is 19.1 Å². The second kappa shape index (κ2) is 7.70. The summed E-state index contributed by atoms with van der Waals surface area (Å²) in [4.78, 5) is 11.2. The third-order valence-electron chi connectivity index (χ3n) is 2.57. The summed E-state index contributed by atoms with van der Waals surface area (Å²) in [5.74, 6) is -0.537. The molecule has 5 nitrogen and oxygen atoms in total. The first kappa shape index (κ1) is 15.4. The maximum Gasteiger partial charge on any atom is 0.236 e. The average Bonchev–Trinajstić information content (AvgIpc) is 2.42. The smallest absolute Gasteiger partial charge is 0.236 e. The molecule has 0 saturated carbocycles. The number of hydrogen-bond acceptors (Lipinski definition) is 4. The Kier molecular flexibility index (Phi) is 6.24. The van der Waals surface area contributed by atoms with Crippen LogP contribution in [0.15, 0.2) is 24.3 Å². The van der Waals surface area contributed by atoms with Gasteiger partial charge in [0.2, 0.25) is 5.91 Å². The number of aliphatic hydroxyl groups is 1. The van der Waals surface area contributed by atoms with Crippen LogP contribution in [-0.2, 0) is 4.79 Å². The van der Waals surface area contributed by atoms with Crippen molar-refractivity contribution in [2.75, 3.05) is 20.2 Å². The SMILES string of the molecule is CNC(=O)C(C)NCC(O)COc1ccccc1F. The number of ether oxygens (including phenoxy) is 1. The molecule has 1 aromatic rings. The van der Waals surface area contributed by atoms with Gasteiger partial charge in [-0.1, -0.05) is 12.1 Å². The molecule has 1 amide bonds. The lowest BCUT2D eigenvalue weighted by Crippen LogP contribution is -2.44. The fraction of sp³-hybridized carbons (Fsp3) is 0.462. The quantitative estimate of drug-likeness (QED) is 0.666. The number of carbonyl (C=O) groups excluding carboxylic acids is 1. The van der Waals surface area contributed by atoms with Crippen molar-refractivity contribution in [1.82, 2.24) is 10.6 Å². The zero-order chi connectivity index (χ0) is 14.3. The second-order valence-electron chi connectivity index (χ2n) is 4.14. The molecule has 19 heavy (non-hydrogen) atoms. The van der Waals surface area contributed by atoms with Crippen molar-refractivity contribution in [3.63, 3.8) is 0 Å². The van der Waals surface area contributed by atoms with E-state index in [1.807, 2.05) is 0 Å². The summed E-state index contributed by atoms with van der Waals surface area (Å²) in [6.07, 6.45) is -0.827. The van der Waals surface area contributed by atoms with Gasteiger partial charge in [0.1, 0.15) is 12.7 Å². The van der Waals surface area contributed by atoms with Crippen LogP contribution in [-0.4, -0.2) is 43.4 Å². The Morgan fingerprint density at radius 3 is 2.79 bits per heavy atom. The van der Waals surface area contributed by atoms with Crippen molar-refractivity contribution in [3.8, 4) is 5.75 Å². The number of aliphatic hydroxyl groups excluding tert-OH is 1. The van der Waals surface area contributed by atoms with E-state index in [0.29, 0.717) is 0 Å². The Balaban J connectivity index is 2.30. The van der Waals surface area contributed by atoms with Crippen molar-refractivity contribution < 1.29 is 19.0 Å². The Morgan fingerprint density at radius 2 is 2.16 bits per heavy atom. The van der Waals surface area contributed by atoms with Crippen LogP contribution < -0.4 is 15.4 Å². The number of benzene rings is 1. The standard InChI is InChI=1S/C13H19FN2O3/c1-9(13(18)15-2)16-7-10(17)8-19-12-6-4-3-5-11(12)14/h3-6,9-10,16-17H,7-8H2,1-2H3,(H,15,18). The van der Waals surface area contributed by atoms with E-state index in [2.05, 4.69) is 10.6 Å². The highest BCUT2D eigenvalue weighted by Crippen LogP contribution is 2.15. The van der Waals surface area contributed by atoms with Crippen molar-refractivity contribution in [2.24, 2.45) is 0 Å². The summed E-state index contributed by atoms with van der Waals surface area (Å²) in [7, 11) is 1.54. The number of rotatable bonds is 7. The van der Waals surface area contributed by atoms with Gasteiger partial charge < -0.3 is 20.5 Å². The van der Waals surface area contributed by atoms with E-state index in [1.54, 1.807) is 19.1 Å². The van der Waals surface area contributed by atoms with E-state index >= 15 is 0 Å². The third-order valence-corrected chi connectivity index (χ3v) is 2.57. The van der Waals surface area contributed by atoms with E-state index in [4.69, 9.17) is 4.74 Å². The molecule has 0 saturated heterocycles. The monoisotopic (exact) mass is 270 g/mol. The number of amides is 1. The van der Waals surface area contributed by atoms with Gasteiger partial charge in [-0.2, -0.15) is 0 Å². The van der Waals surface area contributed by atoms with Gasteiger partial charge in [-0.05, 0) is 19.1 Å². The van der Waals surface area contributed by atoms with Crippen molar-refractivity contribution >= 4 is 5.91 Å². The molecule has 0 aliphatic heterocycles. The van der Waals surface area contributed by atoms with Crippen LogP contribution >= 0.6 is 0 Å². The number of hydrogen-bond donors (Lipinski definition) is 3. The van der Waals surface area contributed by atoms with Gasteiger partial charge in [0.15, 0.2) is 11.6 Å². The van der Waals surface area contributed by atoms with E-state index in [-0.39, 0.29) is 24.8 Å². The number of para-hydroxylation sites is 1. The predicted octanol–water partition coefficient (Wildman–Crippen LogP) is 0.289. The van der Waals surface area contributed by atoms with E-state index in [1.165, 1.54) is 19.2 Å². The molecule has 0 bridgehead atoms. The molecule has 1 rings (SSSR count). The molecule has 0 fully saturated rings. The van der Waals surface area contributed by atoms with E-state index < -0.39 is 18.0 Å². The van der Waals surface area contributed by atoms with Crippen LogP contribution in [0.2, 0.25) is 0 Å². The molecule has 2 unspecified atom stereocenters. The van der Waals surface area contributed by atoms with Gasteiger partial charge in [0.05, 0.1) is 6.04 Å². The molecule has 106 valence electrons. The number of carbonyl (C=O) groups is 1. The highest BCUT2D eigenvalue weighted by Gasteiger charge is 2.13. The van der Waals surface area contributed by atoms with E-state index in [0.717, 1.165) is 0 Å².